The van der Waals surface area contributed by atoms with Crippen molar-refractivity contribution in [2.24, 2.45) is 0 Å². The standard InChI is InChI=1S/C19H19BrN2O2/c1-22(2)17(23)13-5-3-8-16(11-13)21-18(24)19(9-10-19)14-6-4-7-15(20)12-14/h3-8,11-12H,9-10H2,1-2H3,(H,21,24). The van der Waals surface area contributed by atoms with Gasteiger partial charge in [0.2, 0.25) is 5.91 Å². The molecule has 2 aromatic rings. The lowest BCUT2D eigenvalue weighted by atomic mass is 9.95. The normalized spacial score (nSPS) is 14.8. The van der Waals surface area contributed by atoms with Crippen molar-refractivity contribution in [3.63, 3.8) is 0 Å². The summed E-state index contributed by atoms with van der Waals surface area (Å²) in [5, 5.41) is 2.97. The van der Waals surface area contributed by atoms with Crippen LogP contribution in [-0.4, -0.2) is 30.8 Å². The fourth-order valence-corrected chi connectivity index (χ4v) is 3.20. The predicted octanol–water partition coefficient (Wildman–Crippen LogP) is 3.82. The van der Waals surface area contributed by atoms with Gasteiger partial charge >= 0.3 is 0 Å². The van der Waals surface area contributed by atoms with Crippen LogP contribution in [0.25, 0.3) is 0 Å². The molecule has 0 heterocycles. The molecule has 1 saturated carbocycles. The second-order valence-electron chi connectivity index (χ2n) is 6.33. The molecule has 3 rings (SSSR count). The van der Waals surface area contributed by atoms with Gasteiger partial charge in [0, 0.05) is 29.8 Å². The number of halogens is 1. The summed E-state index contributed by atoms with van der Waals surface area (Å²) in [6.07, 6.45) is 1.68. The number of amides is 2. The van der Waals surface area contributed by atoms with Crippen molar-refractivity contribution in [3.8, 4) is 0 Å². The van der Waals surface area contributed by atoms with Crippen LogP contribution in [0.1, 0.15) is 28.8 Å². The van der Waals surface area contributed by atoms with Crippen LogP contribution in [0.4, 0.5) is 5.69 Å². The zero-order valence-electron chi connectivity index (χ0n) is 13.7. The van der Waals surface area contributed by atoms with Crippen molar-refractivity contribution in [2.45, 2.75) is 18.3 Å². The van der Waals surface area contributed by atoms with Crippen LogP contribution < -0.4 is 5.32 Å². The van der Waals surface area contributed by atoms with Gasteiger partial charge in [-0.2, -0.15) is 0 Å². The van der Waals surface area contributed by atoms with Crippen molar-refractivity contribution in [3.05, 3.63) is 64.1 Å². The highest BCUT2D eigenvalue weighted by Crippen LogP contribution is 2.49. The van der Waals surface area contributed by atoms with Crippen LogP contribution in [0.15, 0.2) is 53.0 Å². The number of hydrogen-bond donors (Lipinski definition) is 1. The van der Waals surface area contributed by atoms with Crippen LogP contribution in [0, 0.1) is 0 Å². The maximum absolute atomic E-state index is 12.8. The highest BCUT2D eigenvalue weighted by Gasteiger charge is 2.51. The van der Waals surface area contributed by atoms with Gasteiger partial charge in [-0.15, -0.1) is 0 Å². The molecule has 0 atom stereocenters. The van der Waals surface area contributed by atoms with Gasteiger partial charge in [0.1, 0.15) is 0 Å². The minimum absolute atomic E-state index is 0.0185. The fraction of sp³-hybridized carbons (Fsp3) is 0.263. The molecular weight excluding hydrogens is 368 g/mol. The second-order valence-corrected chi connectivity index (χ2v) is 7.24. The third-order valence-electron chi connectivity index (χ3n) is 4.34. The Kier molecular flexibility index (Phi) is 4.45. The van der Waals surface area contributed by atoms with E-state index in [0.717, 1.165) is 22.9 Å². The van der Waals surface area contributed by atoms with Gasteiger partial charge in [0.05, 0.1) is 5.41 Å². The monoisotopic (exact) mass is 386 g/mol. The third-order valence-corrected chi connectivity index (χ3v) is 4.83. The first-order valence-electron chi connectivity index (χ1n) is 7.82. The average Bonchev–Trinajstić information content (AvgIpc) is 3.36. The molecule has 2 aromatic carbocycles. The molecule has 0 spiro atoms. The van der Waals surface area contributed by atoms with Gasteiger partial charge in [-0.25, -0.2) is 0 Å². The summed E-state index contributed by atoms with van der Waals surface area (Å²) < 4.78 is 0.970. The third kappa shape index (κ3) is 3.22. The first-order chi connectivity index (χ1) is 11.4. The Morgan fingerprint density at radius 2 is 1.79 bits per heavy atom. The van der Waals surface area contributed by atoms with Crippen LogP contribution >= 0.6 is 15.9 Å². The Morgan fingerprint density at radius 1 is 1.08 bits per heavy atom. The SMILES string of the molecule is CN(C)C(=O)c1cccc(NC(=O)C2(c3cccc(Br)c3)CC2)c1. The van der Waals surface area contributed by atoms with Gasteiger partial charge < -0.3 is 10.2 Å². The molecule has 24 heavy (non-hydrogen) atoms. The molecule has 0 bridgehead atoms. The minimum Gasteiger partial charge on any atom is -0.345 e. The van der Waals surface area contributed by atoms with E-state index in [-0.39, 0.29) is 11.8 Å². The number of rotatable bonds is 4. The number of benzene rings is 2. The Bertz CT molecular complexity index is 797. The molecule has 1 aliphatic rings. The lowest BCUT2D eigenvalue weighted by molar-refractivity contribution is -0.118. The van der Waals surface area contributed by atoms with E-state index in [1.54, 1.807) is 38.4 Å². The van der Waals surface area contributed by atoms with Crippen LogP contribution in [0.2, 0.25) is 0 Å². The van der Waals surface area contributed by atoms with E-state index >= 15 is 0 Å². The van der Waals surface area contributed by atoms with E-state index in [0.29, 0.717) is 11.3 Å². The van der Waals surface area contributed by atoms with E-state index in [2.05, 4.69) is 21.2 Å². The number of nitrogens with zero attached hydrogens (tertiary/aromatic N) is 1. The van der Waals surface area contributed by atoms with Crippen molar-refractivity contribution >= 4 is 33.4 Å². The number of nitrogens with one attached hydrogen (secondary N) is 1. The molecule has 124 valence electrons. The number of hydrogen-bond acceptors (Lipinski definition) is 2. The second kappa shape index (κ2) is 6.40. The molecule has 0 saturated heterocycles. The van der Waals surface area contributed by atoms with Gasteiger partial charge in [0.15, 0.2) is 0 Å². The minimum atomic E-state index is -0.453. The largest absolute Gasteiger partial charge is 0.345 e. The Hall–Kier alpha value is -2.14. The van der Waals surface area contributed by atoms with Crippen LogP contribution in [0.3, 0.4) is 0 Å². The quantitative estimate of drug-likeness (QED) is 0.867. The molecule has 5 heteroatoms. The van der Waals surface area contributed by atoms with E-state index in [1.165, 1.54) is 4.90 Å². The molecule has 1 fully saturated rings. The maximum atomic E-state index is 12.8. The zero-order chi connectivity index (χ0) is 17.3. The van der Waals surface area contributed by atoms with Gasteiger partial charge in [-0.3, -0.25) is 9.59 Å². The zero-order valence-corrected chi connectivity index (χ0v) is 15.3. The van der Waals surface area contributed by atoms with E-state index in [9.17, 15) is 9.59 Å². The smallest absolute Gasteiger partial charge is 0.253 e. The van der Waals surface area contributed by atoms with Crippen LogP contribution in [-0.2, 0) is 10.2 Å². The maximum Gasteiger partial charge on any atom is 0.253 e. The van der Waals surface area contributed by atoms with E-state index < -0.39 is 5.41 Å². The summed E-state index contributed by atoms with van der Waals surface area (Å²) in [4.78, 5) is 26.4. The van der Waals surface area contributed by atoms with E-state index in [1.807, 2.05) is 24.3 Å². The molecule has 1 aliphatic carbocycles. The fourth-order valence-electron chi connectivity index (χ4n) is 2.80. The Balaban J connectivity index is 1.80. The lowest BCUT2D eigenvalue weighted by Gasteiger charge is -2.17. The van der Waals surface area contributed by atoms with Gasteiger partial charge in [-0.1, -0.05) is 34.1 Å². The number of anilines is 1. The van der Waals surface area contributed by atoms with Crippen molar-refractivity contribution in [1.82, 2.24) is 4.90 Å². The summed E-state index contributed by atoms with van der Waals surface area (Å²) in [7, 11) is 3.42. The predicted molar refractivity (Wildman–Crippen MR) is 98.1 cm³/mol. The molecule has 0 aliphatic heterocycles. The lowest BCUT2D eigenvalue weighted by Crippen LogP contribution is -2.28. The summed E-state index contributed by atoms with van der Waals surface area (Å²) in [6, 6.07) is 14.9. The number of carbonyl (C=O) groups excluding carboxylic acids is 2. The molecule has 0 unspecified atom stereocenters. The average molecular weight is 387 g/mol. The van der Waals surface area contributed by atoms with E-state index in [4.69, 9.17) is 0 Å². The summed E-state index contributed by atoms with van der Waals surface area (Å²) >= 11 is 3.46. The molecule has 1 N–H and O–H groups in total. The number of carbonyl (C=O) groups is 2. The first kappa shape index (κ1) is 16.7. The van der Waals surface area contributed by atoms with Gasteiger partial charge in [0.25, 0.3) is 5.91 Å². The Morgan fingerprint density at radius 3 is 2.42 bits per heavy atom. The van der Waals surface area contributed by atoms with Crippen molar-refractivity contribution in [2.75, 3.05) is 19.4 Å². The summed E-state index contributed by atoms with van der Waals surface area (Å²) in [5.74, 6) is -0.103. The van der Waals surface area contributed by atoms with Crippen molar-refractivity contribution in [1.29, 1.82) is 0 Å². The molecule has 2 amide bonds. The molecule has 0 aromatic heterocycles. The summed E-state index contributed by atoms with van der Waals surface area (Å²) in [6.45, 7) is 0. The molecular formula is C19H19BrN2O2. The highest BCUT2D eigenvalue weighted by molar-refractivity contribution is 9.10. The van der Waals surface area contributed by atoms with Crippen LogP contribution in [0.5, 0.6) is 0 Å². The van der Waals surface area contributed by atoms with Gasteiger partial charge in [-0.05, 0) is 48.7 Å². The summed E-state index contributed by atoms with van der Waals surface area (Å²) in [5.41, 5.74) is 1.78. The Labute approximate surface area is 150 Å². The molecule has 4 nitrogen and oxygen atoms in total. The molecule has 0 radical (unpaired) electrons. The topological polar surface area (TPSA) is 49.4 Å². The highest BCUT2D eigenvalue weighted by atomic mass is 79.9. The first-order valence-corrected chi connectivity index (χ1v) is 8.61. The van der Waals surface area contributed by atoms with Crippen molar-refractivity contribution < 1.29 is 9.59 Å².